The quantitative estimate of drug-likeness (QED) is 0.648. The van der Waals surface area contributed by atoms with Gasteiger partial charge in [-0.15, -0.1) is 0 Å². The predicted molar refractivity (Wildman–Crippen MR) is 78.9 cm³/mol. The summed E-state index contributed by atoms with van der Waals surface area (Å²) in [6, 6.07) is 4.69. The molecule has 1 N–H and O–H groups in total. The first kappa shape index (κ1) is 13.4. The summed E-state index contributed by atoms with van der Waals surface area (Å²) in [6.07, 6.45) is 8.47. The third kappa shape index (κ3) is 4.28. The van der Waals surface area contributed by atoms with Crippen LogP contribution >= 0.6 is 22.6 Å². The minimum absolute atomic E-state index is 0.607. The molecule has 1 aromatic heterocycles. The van der Waals surface area contributed by atoms with Crippen LogP contribution < -0.4 is 5.32 Å². The highest BCUT2D eigenvalue weighted by Gasteiger charge is 2.18. The molecule has 0 unspecified atom stereocenters. The van der Waals surface area contributed by atoms with Crippen molar-refractivity contribution >= 4 is 22.6 Å². The van der Waals surface area contributed by atoms with Crippen LogP contribution in [-0.4, -0.2) is 6.04 Å². The van der Waals surface area contributed by atoms with E-state index in [-0.39, 0.29) is 0 Å². The fraction of sp³-hybridized carbons (Fsp3) is 0.714. The molecular formula is C14H22INO. The number of furan rings is 1. The maximum Gasteiger partial charge on any atom is 0.164 e. The Kier molecular flexibility index (Phi) is 5.35. The van der Waals surface area contributed by atoms with Crippen LogP contribution in [0.1, 0.15) is 51.2 Å². The maximum absolute atomic E-state index is 5.57. The SMILES string of the molecule is C[C@@H](NCc1ccc(I)o1)C1CCCCCC1. The molecule has 1 aliphatic carbocycles. The molecule has 17 heavy (non-hydrogen) atoms. The van der Waals surface area contributed by atoms with Crippen molar-refractivity contribution in [1.82, 2.24) is 5.32 Å². The van der Waals surface area contributed by atoms with Gasteiger partial charge in [0.15, 0.2) is 3.77 Å². The van der Waals surface area contributed by atoms with Crippen LogP contribution in [0.25, 0.3) is 0 Å². The minimum atomic E-state index is 0.607. The molecule has 96 valence electrons. The molecule has 0 aliphatic heterocycles. The molecule has 3 heteroatoms. The Morgan fingerprint density at radius 1 is 1.29 bits per heavy atom. The lowest BCUT2D eigenvalue weighted by molar-refractivity contribution is 0.325. The van der Waals surface area contributed by atoms with E-state index in [0.29, 0.717) is 6.04 Å². The van der Waals surface area contributed by atoms with Crippen LogP contribution in [0.5, 0.6) is 0 Å². The van der Waals surface area contributed by atoms with Crippen LogP contribution in [0.4, 0.5) is 0 Å². The summed E-state index contributed by atoms with van der Waals surface area (Å²) in [5, 5.41) is 3.61. The summed E-state index contributed by atoms with van der Waals surface area (Å²) in [7, 11) is 0. The van der Waals surface area contributed by atoms with Crippen molar-refractivity contribution in [3.63, 3.8) is 0 Å². The van der Waals surface area contributed by atoms with E-state index in [0.717, 1.165) is 22.0 Å². The molecule has 0 bridgehead atoms. The van der Waals surface area contributed by atoms with Crippen molar-refractivity contribution in [1.29, 1.82) is 0 Å². The van der Waals surface area contributed by atoms with E-state index in [1.165, 1.54) is 38.5 Å². The van der Waals surface area contributed by atoms with E-state index in [2.05, 4.69) is 40.9 Å². The fourth-order valence-corrected chi connectivity index (χ4v) is 3.15. The summed E-state index contributed by atoms with van der Waals surface area (Å²) < 4.78 is 6.54. The zero-order chi connectivity index (χ0) is 12.1. The molecule has 0 spiro atoms. The molecule has 0 aromatic carbocycles. The van der Waals surface area contributed by atoms with E-state index < -0.39 is 0 Å². The zero-order valence-corrected chi connectivity index (χ0v) is 12.7. The Morgan fingerprint density at radius 3 is 2.59 bits per heavy atom. The zero-order valence-electron chi connectivity index (χ0n) is 10.5. The van der Waals surface area contributed by atoms with Crippen molar-refractivity contribution in [3.05, 3.63) is 21.7 Å². The van der Waals surface area contributed by atoms with Gasteiger partial charge in [-0.1, -0.05) is 25.7 Å². The molecule has 2 rings (SSSR count). The number of hydrogen-bond donors (Lipinski definition) is 1. The maximum atomic E-state index is 5.57. The Labute approximate surface area is 118 Å². The van der Waals surface area contributed by atoms with Gasteiger partial charge in [0.25, 0.3) is 0 Å². The van der Waals surface area contributed by atoms with Gasteiger partial charge in [0.1, 0.15) is 5.76 Å². The largest absolute Gasteiger partial charge is 0.454 e. The molecule has 1 aliphatic rings. The lowest BCUT2D eigenvalue weighted by atomic mass is 9.93. The number of hydrogen-bond acceptors (Lipinski definition) is 2. The lowest BCUT2D eigenvalue weighted by Crippen LogP contribution is -2.32. The van der Waals surface area contributed by atoms with Crippen molar-refractivity contribution in [2.75, 3.05) is 0 Å². The van der Waals surface area contributed by atoms with Crippen molar-refractivity contribution in [3.8, 4) is 0 Å². The number of halogens is 1. The third-order valence-electron chi connectivity index (χ3n) is 3.83. The lowest BCUT2D eigenvalue weighted by Gasteiger charge is -2.23. The molecule has 0 radical (unpaired) electrons. The summed E-state index contributed by atoms with van der Waals surface area (Å²) in [5.74, 6) is 1.90. The molecular weight excluding hydrogens is 325 g/mol. The average molecular weight is 347 g/mol. The highest BCUT2D eigenvalue weighted by atomic mass is 127. The topological polar surface area (TPSA) is 25.2 Å². The van der Waals surface area contributed by atoms with Crippen LogP contribution in [0, 0.1) is 9.68 Å². The van der Waals surface area contributed by atoms with Gasteiger partial charge >= 0.3 is 0 Å². The van der Waals surface area contributed by atoms with E-state index in [9.17, 15) is 0 Å². The van der Waals surface area contributed by atoms with Gasteiger partial charge in [-0.2, -0.15) is 0 Å². The summed E-state index contributed by atoms with van der Waals surface area (Å²) in [5.41, 5.74) is 0. The standard InChI is InChI=1S/C14H22INO/c1-11(12-6-4-2-3-5-7-12)16-10-13-8-9-14(15)17-13/h8-9,11-12,16H,2-7,10H2,1H3/t11-/m1/s1. The van der Waals surface area contributed by atoms with Crippen molar-refractivity contribution in [2.45, 2.75) is 58.0 Å². The van der Waals surface area contributed by atoms with Gasteiger partial charge in [0.2, 0.25) is 0 Å². The smallest absolute Gasteiger partial charge is 0.164 e. The molecule has 2 nitrogen and oxygen atoms in total. The molecule has 1 fully saturated rings. The Morgan fingerprint density at radius 2 is 2.00 bits per heavy atom. The van der Waals surface area contributed by atoms with Crippen molar-refractivity contribution < 1.29 is 4.42 Å². The Hall–Kier alpha value is -0.0300. The first-order valence-corrected chi connectivity index (χ1v) is 7.81. The molecule has 1 heterocycles. The van der Waals surface area contributed by atoms with Gasteiger partial charge in [-0.05, 0) is 60.4 Å². The minimum Gasteiger partial charge on any atom is -0.454 e. The first-order valence-electron chi connectivity index (χ1n) is 6.73. The van der Waals surface area contributed by atoms with E-state index >= 15 is 0 Å². The average Bonchev–Trinajstić information content (AvgIpc) is 2.58. The summed E-state index contributed by atoms with van der Waals surface area (Å²) in [6.45, 7) is 3.19. The highest BCUT2D eigenvalue weighted by Crippen LogP contribution is 2.25. The monoisotopic (exact) mass is 347 g/mol. The Bertz CT molecular complexity index is 329. The Balaban J connectivity index is 1.77. The van der Waals surface area contributed by atoms with Gasteiger partial charge < -0.3 is 9.73 Å². The van der Waals surface area contributed by atoms with Crippen LogP contribution in [-0.2, 0) is 6.54 Å². The van der Waals surface area contributed by atoms with E-state index in [4.69, 9.17) is 4.42 Å². The molecule has 0 amide bonds. The normalized spacial score (nSPS) is 20.1. The summed E-state index contributed by atoms with van der Waals surface area (Å²) >= 11 is 2.21. The van der Waals surface area contributed by atoms with E-state index in [1.807, 2.05) is 6.07 Å². The predicted octanol–water partition coefficient (Wildman–Crippen LogP) is 4.33. The van der Waals surface area contributed by atoms with Gasteiger partial charge in [0, 0.05) is 6.04 Å². The van der Waals surface area contributed by atoms with Crippen LogP contribution in [0.2, 0.25) is 0 Å². The second-order valence-corrected chi connectivity index (χ2v) is 6.19. The molecule has 1 saturated carbocycles. The first-order chi connectivity index (χ1) is 8.25. The summed E-state index contributed by atoms with van der Waals surface area (Å²) in [4.78, 5) is 0. The van der Waals surface area contributed by atoms with Crippen LogP contribution in [0.15, 0.2) is 16.5 Å². The highest BCUT2D eigenvalue weighted by molar-refractivity contribution is 14.1. The molecule has 0 saturated heterocycles. The van der Waals surface area contributed by atoms with Gasteiger partial charge in [-0.25, -0.2) is 0 Å². The van der Waals surface area contributed by atoms with Gasteiger partial charge in [-0.3, -0.25) is 0 Å². The fourth-order valence-electron chi connectivity index (χ4n) is 2.69. The van der Waals surface area contributed by atoms with E-state index in [1.54, 1.807) is 0 Å². The molecule has 1 aromatic rings. The number of nitrogens with one attached hydrogen (secondary N) is 1. The third-order valence-corrected chi connectivity index (χ3v) is 4.41. The van der Waals surface area contributed by atoms with Crippen molar-refractivity contribution in [2.24, 2.45) is 5.92 Å². The molecule has 1 atom stereocenters. The second-order valence-electron chi connectivity index (χ2n) is 5.13. The van der Waals surface area contributed by atoms with Crippen LogP contribution in [0.3, 0.4) is 0 Å². The van der Waals surface area contributed by atoms with Gasteiger partial charge in [0.05, 0.1) is 6.54 Å². The second kappa shape index (κ2) is 6.78. The number of rotatable bonds is 4.